The van der Waals surface area contributed by atoms with E-state index in [1.807, 2.05) is 0 Å². The molecule has 0 nitrogen and oxygen atoms in total. The molecule has 0 saturated heterocycles. The molecule has 0 N–H and O–H groups in total. The topological polar surface area (TPSA) is 0 Å². The molecule has 4 aromatic carbocycles. The lowest BCUT2D eigenvalue weighted by atomic mass is 10.0. The summed E-state index contributed by atoms with van der Waals surface area (Å²) >= 11 is 0. The van der Waals surface area contributed by atoms with E-state index in [1.165, 1.54) is 34.1 Å². The van der Waals surface area contributed by atoms with Crippen molar-refractivity contribution >= 4 is 37.1 Å². The summed E-state index contributed by atoms with van der Waals surface area (Å²) in [6, 6.07) is 40.8. The van der Waals surface area contributed by atoms with Gasteiger partial charge in [0.25, 0.3) is 0 Å². The molecular formula is C32H36P2. The van der Waals surface area contributed by atoms with Gasteiger partial charge in [0.05, 0.1) is 0 Å². The normalized spacial score (nSPS) is 13.2. The van der Waals surface area contributed by atoms with Gasteiger partial charge in [-0.3, -0.25) is 0 Å². The van der Waals surface area contributed by atoms with Crippen LogP contribution in [0.2, 0.25) is 0 Å². The minimum Gasteiger partial charge on any atom is -0.0622 e. The van der Waals surface area contributed by atoms with Crippen LogP contribution in [0.3, 0.4) is 0 Å². The van der Waals surface area contributed by atoms with Gasteiger partial charge in [-0.05, 0) is 72.3 Å². The minimum absolute atomic E-state index is 0.426. The van der Waals surface area contributed by atoms with Crippen LogP contribution in [0.4, 0.5) is 0 Å². The van der Waals surface area contributed by atoms with Gasteiger partial charge in [-0.15, -0.1) is 0 Å². The maximum atomic E-state index is 2.39. The smallest absolute Gasteiger partial charge is 0.0161 e. The maximum Gasteiger partial charge on any atom is -0.0161 e. The quantitative estimate of drug-likeness (QED) is 0.217. The Morgan fingerprint density at radius 2 is 0.765 bits per heavy atom. The van der Waals surface area contributed by atoms with Gasteiger partial charge in [0, 0.05) is 0 Å². The van der Waals surface area contributed by atoms with Gasteiger partial charge in [-0.2, -0.15) is 0 Å². The van der Waals surface area contributed by atoms with Gasteiger partial charge in [0.15, 0.2) is 0 Å². The summed E-state index contributed by atoms with van der Waals surface area (Å²) in [5.41, 5.74) is 3.01. The molecule has 0 amide bonds. The highest BCUT2D eigenvalue weighted by atomic mass is 31.1. The van der Waals surface area contributed by atoms with E-state index in [-0.39, 0.29) is 0 Å². The van der Waals surface area contributed by atoms with Crippen LogP contribution < -0.4 is 21.2 Å². The third-order valence-corrected chi connectivity index (χ3v) is 11.9. The van der Waals surface area contributed by atoms with E-state index in [2.05, 4.69) is 137 Å². The van der Waals surface area contributed by atoms with Crippen LogP contribution in [-0.4, -0.2) is 12.3 Å². The largest absolute Gasteiger partial charge is 0.0622 e. The van der Waals surface area contributed by atoms with Crippen molar-refractivity contribution in [1.82, 2.24) is 0 Å². The first kappa shape index (κ1) is 24.9. The van der Waals surface area contributed by atoms with Gasteiger partial charge >= 0.3 is 0 Å². The molecule has 34 heavy (non-hydrogen) atoms. The van der Waals surface area contributed by atoms with Crippen molar-refractivity contribution < 1.29 is 0 Å². The molecule has 4 rings (SSSR count). The summed E-state index contributed by atoms with van der Waals surface area (Å²) in [7, 11) is -0.852. The molecule has 4 aromatic rings. The molecule has 2 heteroatoms. The maximum absolute atomic E-state index is 2.39. The average Bonchev–Trinajstić information content (AvgIpc) is 2.88. The van der Waals surface area contributed by atoms with E-state index in [4.69, 9.17) is 0 Å². The Kier molecular flexibility index (Phi) is 8.72. The van der Waals surface area contributed by atoms with Crippen molar-refractivity contribution in [2.45, 2.75) is 39.5 Å². The first-order valence-electron chi connectivity index (χ1n) is 12.4. The Morgan fingerprint density at radius 1 is 0.441 bits per heavy atom. The SMILES string of the molecule is CC(C)c1ccccc1P(CCP(c1ccccc1)c1ccccc1C(C)C)c1ccccc1. The summed E-state index contributed by atoms with van der Waals surface area (Å²) in [6.45, 7) is 9.31. The molecule has 0 saturated carbocycles. The summed E-state index contributed by atoms with van der Waals surface area (Å²) < 4.78 is 0. The molecule has 174 valence electrons. The molecule has 0 bridgehead atoms. The first-order valence-corrected chi connectivity index (χ1v) is 15.4. The summed E-state index contributed by atoms with van der Waals surface area (Å²) in [4.78, 5) is 0. The molecule has 0 aliphatic heterocycles. The van der Waals surface area contributed by atoms with E-state index < -0.39 is 15.8 Å². The molecule has 0 fully saturated rings. The van der Waals surface area contributed by atoms with Gasteiger partial charge < -0.3 is 0 Å². The van der Waals surface area contributed by atoms with Gasteiger partial charge in [0.2, 0.25) is 0 Å². The van der Waals surface area contributed by atoms with Crippen LogP contribution in [0, 0.1) is 0 Å². The fourth-order valence-corrected chi connectivity index (χ4v) is 10.7. The number of hydrogen-bond donors (Lipinski definition) is 0. The number of hydrogen-bond acceptors (Lipinski definition) is 0. The molecule has 0 spiro atoms. The van der Waals surface area contributed by atoms with Gasteiger partial charge in [0.1, 0.15) is 0 Å². The Bertz CT molecular complexity index is 1070. The highest BCUT2D eigenvalue weighted by molar-refractivity contribution is 7.76. The summed E-state index contributed by atoms with van der Waals surface area (Å²) in [5, 5.41) is 6.09. The van der Waals surface area contributed by atoms with E-state index in [1.54, 1.807) is 10.6 Å². The lowest BCUT2D eigenvalue weighted by Gasteiger charge is -2.28. The lowest BCUT2D eigenvalue weighted by molar-refractivity contribution is 0.873. The standard InChI is InChI=1S/C32H36P2/c1-25(2)29-19-11-13-21-31(29)33(27-15-7-5-8-16-27)23-24-34(28-17-9-6-10-18-28)32-22-14-12-20-30(32)26(3)4/h5-22,25-26H,23-24H2,1-4H3. The first-order chi connectivity index (χ1) is 16.6. The van der Waals surface area contributed by atoms with E-state index in [9.17, 15) is 0 Å². The molecule has 0 aliphatic rings. The summed E-state index contributed by atoms with van der Waals surface area (Å²) in [6.07, 6.45) is 2.41. The third-order valence-electron chi connectivity index (χ3n) is 6.38. The predicted octanol–water partition coefficient (Wildman–Crippen LogP) is 7.50. The minimum atomic E-state index is -0.426. The Labute approximate surface area is 209 Å². The number of benzene rings is 4. The van der Waals surface area contributed by atoms with E-state index >= 15 is 0 Å². The van der Waals surface area contributed by atoms with Crippen LogP contribution >= 0.6 is 15.8 Å². The van der Waals surface area contributed by atoms with Crippen molar-refractivity contribution in [3.63, 3.8) is 0 Å². The fourth-order valence-electron chi connectivity index (χ4n) is 4.64. The second-order valence-corrected chi connectivity index (χ2v) is 14.0. The summed E-state index contributed by atoms with van der Waals surface area (Å²) in [5.74, 6) is 1.06. The highest BCUT2D eigenvalue weighted by Gasteiger charge is 2.23. The van der Waals surface area contributed by atoms with E-state index in [0.717, 1.165) is 0 Å². The zero-order valence-corrected chi connectivity index (χ0v) is 22.6. The number of rotatable bonds is 9. The molecule has 0 aromatic heterocycles. The van der Waals surface area contributed by atoms with Gasteiger partial charge in [-0.1, -0.05) is 137 Å². The van der Waals surface area contributed by atoms with Crippen LogP contribution in [0.1, 0.15) is 50.7 Å². The second-order valence-electron chi connectivity index (χ2n) is 9.40. The predicted molar refractivity (Wildman–Crippen MR) is 156 cm³/mol. The Morgan fingerprint density at radius 3 is 1.12 bits per heavy atom. The van der Waals surface area contributed by atoms with Crippen LogP contribution in [-0.2, 0) is 0 Å². The van der Waals surface area contributed by atoms with Crippen LogP contribution in [0.15, 0.2) is 109 Å². The Hall–Kier alpha value is -2.26. The van der Waals surface area contributed by atoms with Crippen LogP contribution in [0.25, 0.3) is 0 Å². The lowest BCUT2D eigenvalue weighted by Crippen LogP contribution is -2.23. The zero-order chi connectivity index (χ0) is 23.9. The fraction of sp³-hybridized carbons (Fsp3) is 0.250. The van der Waals surface area contributed by atoms with Crippen molar-refractivity contribution in [3.8, 4) is 0 Å². The van der Waals surface area contributed by atoms with Crippen molar-refractivity contribution in [3.05, 3.63) is 120 Å². The molecule has 2 atom stereocenters. The zero-order valence-electron chi connectivity index (χ0n) is 20.9. The van der Waals surface area contributed by atoms with Crippen LogP contribution in [0.5, 0.6) is 0 Å². The second kappa shape index (κ2) is 11.9. The molecular weight excluding hydrogens is 446 g/mol. The molecule has 0 aliphatic carbocycles. The van der Waals surface area contributed by atoms with E-state index in [0.29, 0.717) is 11.8 Å². The average molecular weight is 483 g/mol. The van der Waals surface area contributed by atoms with Crippen molar-refractivity contribution in [2.24, 2.45) is 0 Å². The Balaban J connectivity index is 1.75. The monoisotopic (exact) mass is 482 g/mol. The molecule has 2 unspecified atom stereocenters. The molecule has 0 radical (unpaired) electrons. The third kappa shape index (κ3) is 5.86. The van der Waals surface area contributed by atoms with Gasteiger partial charge in [-0.25, -0.2) is 0 Å². The highest BCUT2D eigenvalue weighted by Crippen LogP contribution is 2.43. The van der Waals surface area contributed by atoms with Crippen molar-refractivity contribution in [2.75, 3.05) is 12.3 Å². The molecule has 0 heterocycles. The van der Waals surface area contributed by atoms with Crippen molar-refractivity contribution in [1.29, 1.82) is 0 Å².